The van der Waals surface area contributed by atoms with E-state index in [2.05, 4.69) is 9.88 Å². The molecule has 6 heteroatoms. The Morgan fingerprint density at radius 3 is 2.57 bits per heavy atom. The fourth-order valence-corrected chi connectivity index (χ4v) is 2.83. The monoisotopic (exact) mass is 331 g/mol. The van der Waals surface area contributed by atoms with Crippen LogP contribution in [-0.2, 0) is 0 Å². The number of benzene rings is 1. The summed E-state index contributed by atoms with van der Waals surface area (Å²) >= 11 is 6.04. The van der Waals surface area contributed by atoms with Gasteiger partial charge in [0.25, 0.3) is 5.91 Å². The van der Waals surface area contributed by atoms with Crippen molar-refractivity contribution in [3.8, 4) is 5.88 Å². The molecule has 0 radical (unpaired) electrons. The van der Waals surface area contributed by atoms with Crippen LogP contribution in [0.3, 0.4) is 0 Å². The number of amides is 1. The fourth-order valence-electron chi connectivity index (χ4n) is 2.65. The van der Waals surface area contributed by atoms with Gasteiger partial charge >= 0.3 is 0 Å². The normalized spacial score (nSPS) is 14.7. The minimum absolute atomic E-state index is 0.0605. The van der Waals surface area contributed by atoms with Crippen molar-refractivity contribution in [2.24, 2.45) is 0 Å². The lowest BCUT2D eigenvalue weighted by atomic mass is 10.2. The van der Waals surface area contributed by atoms with Crippen LogP contribution in [0.2, 0.25) is 5.02 Å². The third kappa shape index (κ3) is 3.56. The molecule has 2 heterocycles. The van der Waals surface area contributed by atoms with Crippen molar-refractivity contribution in [1.82, 2.24) is 9.88 Å². The highest BCUT2D eigenvalue weighted by atomic mass is 35.5. The van der Waals surface area contributed by atoms with Crippen molar-refractivity contribution in [2.75, 3.05) is 38.2 Å². The van der Waals surface area contributed by atoms with Gasteiger partial charge in [-0.05, 0) is 24.3 Å². The van der Waals surface area contributed by atoms with Crippen molar-refractivity contribution >= 4 is 23.2 Å². The van der Waals surface area contributed by atoms with Gasteiger partial charge in [-0.1, -0.05) is 23.7 Å². The third-order valence-electron chi connectivity index (χ3n) is 3.89. The van der Waals surface area contributed by atoms with E-state index in [-0.39, 0.29) is 5.91 Å². The second-order valence-electron chi connectivity index (χ2n) is 5.32. The summed E-state index contributed by atoms with van der Waals surface area (Å²) in [5.41, 5.74) is 1.50. The molecule has 120 valence electrons. The molecule has 1 saturated heterocycles. The van der Waals surface area contributed by atoms with Gasteiger partial charge in [-0.15, -0.1) is 0 Å². The van der Waals surface area contributed by atoms with Crippen LogP contribution in [0.15, 0.2) is 42.5 Å². The highest BCUT2D eigenvalue weighted by Gasteiger charge is 2.23. The van der Waals surface area contributed by atoms with Gasteiger partial charge in [0.2, 0.25) is 5.88 Å². The van der Waals surface area contributed by atoms with E-state index in [9.17, 15) is 4.79 Å². The van der Waals surface area contributed by atoms with Crippen molar-refractivity contribution < 1.29 is 9.53 Å². The number of anilines is 1. The molecule has 1 aromatic heterocycles. The molecule has 1 aliphatic heterocycles. The SMILES string of the molecule is COc1cccc(C(=O)N2CCN(c3cccc(Cl)c3)CC2)n1. The lowest BCUT2D eigenvalue weighted by Crippen LogP contribution is -2.49. The number of hydrogen-bond acceptors (Lipinski definition) is 4. The fraction of sp³-hybridized carbons (Fsp3) is 0.294. The summed E-state index contributed by atoms with van der Waals surface area (Å²) in [7, 11) is 1.54. The van der Waals surface area contributed by atoms with Gasteiger partial charge in [-0.3, -0.25) is 4.79 Å². The average molecular weight is 332 g/mol. The van der Waals surface area contributed by atoms with Gasteiger partial charge in [0.1, 0.15) is 5.69 Å². The van der Waals surface area contributed by atoms with Crippen LogP contribution < -0.4 is 9.64 Å². The van der Waals surface area contributed by atoms with Gasteiger partial charge in [0, 0.05) is 43.0 Å². The number of ether oxygens (including phenoxy) is 1. The van der Waals surface area contributed by atoms with Gasteiger partial charge in [-0.25, -0.2) is 4.98 Å². The second kappa shape index (κ2) is 6.87. The zero-order valence-corrected chi connectivity index (χ0v) is 13.7. The summed E-state index contributed by atoms with van der Waals surface area (Å²) in [5.74, 6) is 0.392. The molecule has 0 N–H and O–H groups in total. The van der Waals surface area contributed by atoms with E-state index in [1.165, 1.54) is 0 Å². The van der Waals surface area contributed by atoms with Crippen LogP contribution in [0.5, 0.6) is 5.88 Å². The Hall–Kier alpha value is -2.27. The Bertz CT molecular complexity index is 700. The van der Waals surface area contributed by atoms with Crippen LogP contribution in [0.1, 0.15) is 10.5 Å². The summed E-state index contributed by atoms with van der Waals surface area (Å²) < 4.78 is 5.08. The Kier molecular flexibility index (Phi) is 4.67. The Morgan fingerprint density at radius 1 is 1.13 bits per heavy atom. The summed E-state index contributed by atoms with van der Waals surface area (Å²) in [4.78, 5) is 20.8. The molecule has 1 aliphatic rings. The van der Waals surface area contributed by atoms with Crippen LogP contribution in [0, 0.1) is 0 Å². The molecule has 0 bridgehead atoms. The van der Waals surface area contributed by atoms with Crippen LogP contribution in [-0.4, -0.2) is 49.1 Å². The number of hydrogen-bond donors (Lipinski definition) is 0. The number of pyridine rings is 1. The smallest absolute Gasteiger partial charge is 0.272 e. The number of halogens is 1. The molecule has 23 heavy (non-hydrogen) atoms. The van der Waals surface area contributed by atoms with E-state index in [4.69, 9.17) is 16.3 Å². The highest BCUT2D eigenvalue weighted by molar-refractivity contribution is 6.30. The van der Waals surface area contributed by atoms with Gasteiger partial charge in [0.15, 0.2) is 0 Å². The first-order valence-electron chi connectivity index (χ1n) is 7.48. The number of nitrogens with zero attached hydrogens (tertiary/aromatic N) is 3. The zero-order chi connectivity index (χ0) is 16.2. The molecule has 5 nitrogen and oxygen atoms in total. The van der Waals surface area contributed by atoms with E-state index < -0.39 is 0 Å². The van der Waals surface area contributed by atoms with Crippen molar-refractivity contribution in [2.45, 2.75) is 0 Å². The predicted molar refractivity (Wildman–Crippen MR) is 90.4 cm³/mol. The molecule has 1 aromatic carbocycles. The molecule has 1 amide bonds. The molecule has 0 spiro atoms. The van der Waals surface area contributed by atoms with Gasteiger partial charge in [-0.2, -0.15) is 0 Å². The van der Waals surface area contributed by atoms with Crippen LogP contribution in [0.25, 0.3) is 0 Å². The number of aromatic nitrogens is 1. The van der Waals surface area contributed by atoms with E-state index >= 15 is 0 Å². The lowest BCUT2D eigenvalue weighted by molar-refractivity contribution is 0.0740. The average Bonchev–Trinajstić information content (AvgIpc) is 2.61. The van der Waals surface area contributed by atoms with E-state index in [1.54, 1.807) is 25.3 Å². The summed E-state index contributed by atoms with van der Waals surface area (Å²) in [6.45, 7) is 2.86. The second-order valence-corrected chi connectivity index (χ2v) is 5.76. The molecule has 1 fully saturated rings. The van der Waals surface area contributed by atoms with E-state index in [0.717, 1.165) is 23.8 Å². The molecule has 0 saturated carbocycles. The third-order valence-corrected chi connectivity index (χ3v) is 4.13. The van der Waals surface area contributed by atoms with Crippen molar-refractivity contribution in [3.63, 3.8) is 0 Å². The number of methoxy groups -OCH3 is 1. The van der Waals surface area contributed by atoms with Crippen LogP contribution >= 0.6 is 11.6 Å². The van der Waals surface area contributed by atoms with Gasteiger partial charge < -0.3 is 14.5 Å². The van der Waals surface area contributed by atoms with E-state index in [0.29, 0.717) is 24.7 Å². The Morgan fingerprint density at radius 2 is 1.87 bits per heavy atom. The molecule has 2 aromatic rings. The predicted octanol–water partition coefficient (Wildman–Crippen LogP) is 2.71. The maximum atomic E-state index is 12.5. The summed E-state index contributed by atoms with van der Waals surface area (Å²) in [5, 5.41) is 0.724. The zero-order valence-electron chi connectivity index (χ0n) is 12.9. The number of piperazine rings is 1. The molecule has 0 aliphatic carbocycles. The summed E-state index contributed by atoms with van der Waals surface area (Å²) in [6.07, 6.45) is 0. The number of carbonyl (C=O) groups excluding carboxylic acids is 1. The standard InChI is InChI=1S/C17H18ClN3O2/c1-23-16-7-3-6-15(19-16)17(22)21-10-8-20(9-11-21)14-5-2-4-13(18)12-14/h2-7,12H,8-11H2,1H3. The summed E-state index contributed by atoms with van der Waals surface area (Å²) in [6, 6.07) is 13.0. The Balaban J connectivity index is 1.65. The topological polar surface area (TPSA) is 45.7 Å². The maximum absolute atomic E-state index is 12.5. The molecule has 0 unspecified atom stereocenters. The largest absolute Gasteiger partial charge is 0.481 e. The molecular formula is C17H18ClN3O2. The minimum atomic E-state index is -0.0605. The first kappa shape index (κ1) is 15.6. The minimum Gasteiger partial charge on any atom is -0.481 e. The maximum Gasteiger partial charge on any atom is 0.272 e. The van der Waals surface area contributed by atoms with Crippen molar-refractivity contribution in [1.29, 1.82) is 0 Å². The number of carbonyl (C=O) groups is 1. The first-order valence-corrected chi connectivity index (χ1v) is 7.86. The highest BCUT2D eigenvalue weighted by Crippen LogP contribution is 2.21. The molecule has 3 rings (SSSR count). The van der Waals surface area contributed by atoms with Gasteiger partial charge in [0.05, 0.1) is 7.11 Å². The quantitative estimate of drug-likeness (QED) is 0.867. The molecular weight excluding hydrogens is 314 g/mol. The first-order chi connectivity index (χ1) is 11.2. The Labute approximate surface area is 140 Å². The number of rotatable bonds is 3. The molecule has 0 atom stereocenters. The van der Waals surface area contributed by atoms with E-state index in [1.807, 2.05) is 29.2 Å². The lowest BCUT2D eigenvalue weighted by Gasteiger charge is -2.36. The van der Waals surface area contributed by atoms with Crippen molar-refractivity contribution in [3.05, 3.63) is 53.2 Å². The van der Waals surface area contributed by atoms with Crippen LogP contribution in [0.4, 0.5) is 5.69 Å².